The summed E-state index contributed by atoms with van der Waals surface area (Å²) in [5, 5.41) is 51.5. The van der Waals surface area contributed by atoms with E-state index in [0.29, 0.717) is 76.4 Å². The molecule has 0 bridgehead atoms. The monoisotopic (exact) mass is 1980 g/mol. The number of benzene rings is 12. The van der Waals surface area contributed by atoms with Crippen LogP contribution < -0.4 is 35.5 Å². The summed E-state index contributed by atoms with van der Waals surface area (Å²) in [5.41, 5.74) is 9.39. The number of nitrogens with zero attached hydrogens (tertiary/aromatic N) is 6. The molecule has 8 N–H and O–H groups in total. The molecule has 0 aromatic heterocycles. The molecule has 0 radical (unpaired) electrons. The van der Waals surface area contributed by atoms with Gasteiger partial charge in [-0.05, 0) is 281 Å². The Kier molecular flexibility index (Phi) is 39.1. The highest BCUT2D eigenvalue weighted by molar-refractivity contribution is 6.13. The van der Waals surface area contributed by atoms with Gasteiger partial charge in [0.05, 0.1) is 76.0 Å². The molecule has 0 atom stereocenters. The van der Waals surface area contributed by atoms with Gasteiger partial charge in [-0.3, -0.25) is 19.2 Å². The smallest absolute Gasteiger partial charge is 0.340 e. The quantitative estimate of drug-likeness (QED) is 0.0114. The molecule has 12 aromatic rings. The summed E-state index contributed by atoms with van der Waals surface area (Å²) in [4.78, 5) is 118. The number of aromatic hydroxyl groups is 3. The first-order chi connectivity index (χ1) is 69.7. The van der Waals surface area contributed by atoms with Crippen molar-refractivity contribution in [3.8, 4) is 79.0 Å². The molecule has 4 amide bonds. The van der Waals surface area contributed by atoms with Crippen LogP contribution in [-0.2, 0) is 14.2 Å². The number of aryl methyl sites for hydroxylation is 2. The van der Waals surface area contributed by atoms with Crippen molar-refractivity contribution in [2.24, 2.45) is 0 Å². The maximum Gasteiger partial charge on any atom is 0.340 e. The van der Waals surface area contributed by atoms with Crippen LogP contribution in [0.2, 0.25) is 0 Å². The summed E-state index contributed by atoms with van der Waals surface area (Å²) >= 11 is 0. The molecule has 12 aromatic carbocycles. The number of carbonyl (C=O) groups excluding carboxylic acids is 7. The highest BCUT2D eigenvalue weighted by Crippen LogP contribution is 2.37. The van der Waals surface area contributed by atoms with Gasteiger partial charge in [0, 0.05) is 109 Å². The topological polar surface area (TPSA) is 340 Å². The number of anilines is 4. The van der Waals surface area contributed by atoms with Crippen LogP contribution in [0.4, 0.5) is 22.7 Å². The van der Waals surface area contributed by atoms with Crippen molar-refractivity contribution >= 4 is 70.3 Å². The Morgan fingerprint density at radius 2 is 0.534 bits per heavy atom. The second-order valence-electron chi connectivity index (χ2n) is 39.5. The Morgan fingerprint density at radius 3 is 0.822 bits per heavy atom. The maximum absolute atomic E-state index is 13.5. The lowest BCUT2D eigenvalue weighted by atomic mass is 10.0. The molecule has 766 valence electrons. The van der Waals surface area contributed by atoms with E-state index in [4.69, 9.17) is 28.4 Å². The third-order valence-electron chi connectivity index (χ3n) is 24.4. The SMILES string of the molecule is CN1CCN(CCCOc2ccc(O)c(C(=O)Nc3cc(-c4ccccc4)ccc3C(=O)O)c2)CC1.CN1CCN(CCCOc2ccc(O)c(C(=O)Nc3cc(-c4ccccc4)ccc3C(=O)OC(C)(C)C)c2)CC1.Cc1ccc(O)cc1C(=O)Nc1cc(-c2ccccc2)ccc1C(=O)OC(C)(C)C.Cc1ccc(OCCCN2CCN(C)CC2)cc1C(=O)Nc1cc(-c2ccccc2)ccc1C(=O)OC(C)(C)C. The number of carbonyl (C=O) groups is 8. The van der Waals surface area contributed by atoms with Crippen molar-refractivity contribution < 1.29 is 87.2 Å². The van der Waals surface area contributed by atoms with E-state index in [1.807, 2.05) is 185 Å². The van der Waals surface area contributed by atoms with Crippen LogP contribution in [0.25, 0.3) is 44.5 Å². The number of rotatable bonds is 31. The predicted molar refractivity (Wildman–Crippen MR) is 574 cm³/mol. The molecular weight excluding hydrogens is 1850 g/mol. The summed E-state index contributed by atoms with van der Waals surface area (Å²) in [6.45, 7) is 37.2. The van der Waals surface area contributed by atoms with E-state index in [1.165, 1.54) is 42.5 Å². The third kappa shape index (κ3) is 33.5. The molecule has 3 fully saturated rings. The first kappa shape index (κ1) is 110. The number of ether oxygens (including phenoxy) is 6. The number of aromatic carboxylic acids is 1. The van der Waals surface area contributed by atoms with Crippen LogP contribution in [0, 0.1) is 13.8 Å². The van der Waals surface area contributed by atoms with Crippen molar-refractivity contribution in [1.29, 1.82) is 0 Å². The second kappa shape index (κ2) is 52.0. The Balaban J connectivity index is 0.000000174. The van der Waals surface area contributed by atoms with Gasteiger partial charge < -0.3 is 99.5 Å². The minimum atomic E-state index is -1.16. The zero-order valence-electron chi connectivity index (χ0n) is 85.9. The molecule has 15 rings (SSSR count). The zero-order chi connectivity index (χ0) is 105. The van der Waals surface area contributed by atoms with Crippen molar-refractivity contribution in [2.75, 3.05) is 160 Å². The Labute approximate surface area is 856 Å². The predicted octanol–water partition coefficient (Wildman–Crippen LogP) is 20.8. The molecule has 3 saturated heterocycles. The van der Waals surface area contributed by atoms with Crippen LogP contribution >= 0.6 is 0 Å². The van der Waals surface area contributed by atoms with Gasteiger partial charge in [-0.25, -0.2) is 19.2 Å². The Morgan fingerprint density at radius 1 is 0.281 bits per heavy atom. The largest absolute Gasteiger partial charge is 0.508 e. The normalized spacial score (nSPS) is 13.8. The molecule has 3 aliphatic rings. The Bertz CT molecular complexity index is 6260. The highest BCUT2D eigenvalue weighted by Gasteiger charge is 2.30. The molecule has 0 spiro atoms. The minimum absolute atomic E-state index is 0.00356. The number of hydrogen-bond donors (Lipinski definition) is 8. The van der Waals surface area contributed by atoms with Gasteiger partial charge in [0.1, 0.15) is 51.3 Å². The fraction of sp³-hybridized carbons (Fsp3) is 0.322. The van der Waals surface area contributed by atoms with Crippen molar-refractivity contribution in [2.45, 2.75) is 112 Å². The highest BCUT2D eigenvalue weighted by atomic mass is 16.6. The minimum Gasteiger partial charge on any atom is -0.508 e. The van der Waals surface area contributed by atoms with Gasteiger partial charge in [-0.2, -0.15) is 0 Å². The van der Waals surface area contributed by atoms with Gasteiger partial charge in [0.2, 0.25) is 0 Å². The van der Waals surface area contributed by atoms with E-state index in [2.05, 4.69) is 71.8 Å². The van der Waals surface area contributed by atoms with Crippen molar-refractivity contribution in [1.82, 2.24) is 29.4 Å². The number of esters is 3. The van der Waals surface area contributed by atoms with E-state index < -0.39 is 58.4 Å². The van der Waals surface area contributed by atoms with Gasteiger partial charge in [0.15, 0.2) is 0 Å². The number of amides is 4. The van der Waals surface area contributed by atoms with Crippen LogP contribution in [0.1, 0.15) is 176 Å². The van der Waals surface area contributed by atoms with Gasteiger partial charge in [-0.1, -0.05) is 158 Å². The molecule has 3 heterocycles. The average molecular weight is 1980 g/mol. The molecular formula is C118H136N10O18. The average Bonchev–Trinajstić information content (AvgIpc) is 0.796. The lowest BCUT2D eigenvalue weighted by molar-refractivity contribution is 0.00580. The number of nitrogens with one attached hydrogen (secondary N) is 4. The maximum atomic E-state index is 13.5. The van der Waals surface area contributed by atoms with E-state index in [1.54, 1.807) is 115 Å². The molecule has 0 saturated carbocycles. The van der Waals surface area contributed by atoms with Crippen molar-refractivity contribution in [3.05, 3.63) is 323 Å². The summed E-state index contributed by atoms with van der Waals surface area (Å²) in [7, 11) is 6.42. The van der Waals surface area contributed by atoms with Gasteiger partial charge in [-0.15, -0.1) is 0 Å². The number of likely N-dealkylation sites (N-methyl/N-ethyl adjacent to an activating group) is 3. The number of carboxylic acid groups (broad SMARTS) is 1. The lowest BCUT2D eigenvalue weighted by Crippen LogP contribution is -2.44. The van der Waals surface area contributed by atoms with Crippen molar-refractivity contribution in [3.63, 3.8) is 0 Å². The summed E-state index contributed by atoms with van der Waals surface area (Å²) in [6, 6.07) is 78.5. The number of phenols is 3. The lowest BCUT2D eigenvalue weighted by Gasteiger charge is -2.32. The van der Waals surface area contributed by atoms with Crippen LogP contribution in [0.5, 0.6) is 34.5 Å². The van der Waals surface area contributed by atoms with Gasteiger partial charge >= 0.3 is 23.9 Å². The van der Waals surface area contributed by atoms with Gasteiger partial charge in [0.25, 0.3) is 23.6 Å². The standard InChI is InChI=1S/C33H41N3O4.C32H39N3O5.C28H31N3O5.C25H25NO4/c1-24-12-14-27(39-21-9-16-36-19-17-35(5)18-20-36)23-29(24)31(37)34-30-22-26(25-10-7-6-8-11-25)13-15-28(30)32(38)40-33(2,3)4;1-32(2,3)40-31(38)26-13-11-24(23-9-6-5-7-10-23)21-28(26)33-30(37)27-22-25(12-14-29(27)36)39-20-8-15-35-18-16-34(4)17-19-35;1-30-13-15-31(16-14-30)12-5-17-36-22-9-11-26(32)24(19-22)27(33)29-25-18-21(8-10-23(25)28(34)35)20-6-3-2-4-7-20;1-16-10-12-19(27)15-21(16)23(28)26-22-14-18(17-8-6-5-7-9-17)11-13-20(22)24(29)30-25(2,3)4/h6-8,10-15,22-23H,9,16-21H2,1-5H3,(H,34,37);5-7,9-14,21-22,36H,8,15-20H2,1-4H3,(H,33,37);2-4,6-11,18-19,32H,5,12-17H2,1H3,(H,29,33)(H,34,35);5-15,27H,1-4H3,(H,26,28). The molecule has 0 aliphatic carbocycles. The second-order valence-corrected chi connectivity index (χ2v) is 39.5. The first-order valence-electron chi connectivity index (χ1n) is 49.4. The van der Waals surface area contributed by atoms with Crippen LogP contribution in [-0.4, -0.2) is 253 Å². The molecule has 3 aliphatic heterocycles. The van der Waals surface area contributed by atoms with Crippen LogP contribution in [0.3, 0.4) is 0 Å². The molecule has 0 unspecified atom stereocenters. The molecule has 28 nitrogen and oxygen atoms in total. The zero-order valence-corrected chi connectivity index (χ0v) is 85.9. The Hall–Kier alpha value is -15.0. The summed E-state index contributed by atoms with van der Waals surface area (Å²) in [5.74, 6) is -3.42. The molecule has 28 heteroatoms. The fourth-order valence-electron chi connectivity index (χ4n) is 16.3. The number of piperazine rings is 3. The molecule has 146 heavy (non-hydrogen) atoms. The fourth-order valence-corrected chi connectivity index (χ4v) is 16.3. The number of hydrogen-bond acceptors (Lipinski definition) is 23. The van der Waals surface area contributed by atoms with E-state index in [9.17, 15) is 58.8 Å². The summed E-state index contributed by atoms with van der Waals surface area (Å²) < 4.78 is 34.5. The van der Waals surface area contributed by atoms with E-state index in [0.717, 1.165) is 168 Å². The number of phenolic OH excluding ortho intramolecular Hbond substituents is 3. The third-order valence-corrected chi connectivity index (χ3v) is 24.4. The first-order valence-corrected chi connectivity index (χ1v) is 49.4. The number of carboxylic acids is 1. The van der Waals surface area contributed by atoms with E-state index >= 15 is 0 Å². The van der Waals surface area contributed by atoms with Crippen LogP contribution in [0.15, 0.2) is 267 Å². The van der Waals surface area contributed by atoms with E-state index in [-0.39, 0.29) is 56.7 Å². The summed E-state index contributed by atoms with van der Waals surface area (Å²) in [6.07, 6.45) is 2.63.